The average molecular weight is 483 g/mol. The summed E-state index contributed by atoms with van der Waals surface area (Å²) in [7, 11) is 0. The number of aliphatic hydroxyl groups excluding tert-OH is 1. The average Bonchev–Trinajstić information content (AvgIpc) is 3.22. The lowest BCUT2D eigenvalue weighted by molar-refractivity contribution is -0.153. The molecule has 180 valence electrons. The summed E-state index contributed by atoms with van der Waals surface area (Å²) in [6.07, 6.45) is 9.11. The number of rotatable bonds is 5. The van der Waals surface area contributed by atoms with Crippen molar-refractivity contribution in [1.29, 1.82) is 0 Å². The van der Waals surface area contributed by atoms with Crippen molar-refractivity contribution in [3.63, 3.8) is 0 Å². The number of hydrogen-bond acceptors (Lipinski definition) is 6. The molecular formula is C26H30N2O5S. The molecule has 34 heavy (non-hydrogen) atoms. The van der Waals surface area contributed by atoms with Gasteiger partial charge in [-0.1, -0.05) is 61.6 Å². The fraction of sp³-hybridized carbons (Fsp3) is 0.500. The van der Waals surface area contributed by atoms with Gasteiger partial charge in [0, 0.05) is 18.3 Å². The molecule has 1 unspecified atom stereocenters. The van der Waals surface area contributed by atoms with Gasteiger partial charge < -0.3 is 19.6 Å². The summed E-state index contributed by atoms with van der Waals surface area (Å²) in [4.78, 5) is 44.6. The monoisotopic (exact) mass is 482 g/mol. The van der Waals surface area contributed by atoms with E-state index in [1.54, 1.807) is 9.80 Å². The highest BCUT2D eigenvalue weighted by Gasteiger charge is 2.71. The summed E-state index contributed by atoms with van der Waals surface area (Å²) in [5, 5.41) is 9.90. The van der Waals surface area contributed by atoms with Gasteiger partial charge in [-0.15, -0.1) is 11.8 Å². The van der Waals surface area contributed by atoms with Gasteiger partial charge in [0.15, 0.2) is 0 Å². The van der Waals surface area contributed by atoms with Crippen LogP contribution >= 0.6 is 11.8 Å². The van der Waals surface area contributed by atoms with Crippen molar-refractivity contribution in [2.24, 2.45) is 11.8 Å². The number of amides is 2. The van der Waals surface area contributed by atoms with E-state index in [4.69, 9.17) is 4.74 Å². The standard InChI is InChI=1S/C26H30N2O5S/c1-2-18(16-29)28-22-24(31)27(15-17-9-4-3-5-10-17)13-8-12-26(22)21(23(28)30)20-19(34-26)11-6-7-14-33-25(20)32/h3-6,8-12,18-22,29H,2,7,13-16H2,1H3/t18-,19-,20+,21-,22?,26-/m0/s1. The molecule has 2 saturated heterocycles. The summed E-state index contributed by atoms with van der Waals surface area (Å²) < 4.78 is 4.61. The molecule has 2 amide bonds. The summed E-state index contributed by atoms with van der Waals surface area (Å²) in [6, 6.07) is 8.50. The van der Waals surface area contributed by atoms with Gasteiger partial charge in [-0.05, 0) is 18.4 Å². The Hall–Kier alpha value is -2.58. The molecule has 0 saturated carbocycles. The molecule has 4 aliphatic rings. The van der Waals surface area contributed by atoms with Crippen LogP contribution < -0.4 is 0 Å². The van der Waals surface area contributed by atoms with Crippen LogP contribution in [0.2, 0.25) is 0 Å². The highest BCUT2D eigenvalue weighted by Crippen LogP contribution is 2.61. The SMILES string of the molecule is CC[C@@H](CO)N1C(=O)[C@@H]2[C@@H]3C(=O)OCCC=C[C@@H]3S[C@@]23C=CCN(Cc2ccccc2)C(=O)C13. The lowest BCUT2D eigenvalue weighted by Gasteiger charge is -2.38. The van der Waals surface area contributed by atoms with E-state index >= 15 is 0 Å². The van der Waals surface area contributed by atoms with Crippen molar-refractivity contribution in [3.8, 4) is 0 Å². The van der Waals surface area contributed by atoms with Crippen LogP contribution in [-0.4, -0.2) is 74.5 Å². The van der Waals surface area contributed by atoms with E-state index in [1.165, 1.54) is 11.8 Å². The molecule has 1 aromatic carbocycles. The van der Waals surface area contributed by atoms with Gasteiger partial charge in [0.1, 0.15) is 6.04 Å². The fourth-order valence-corrected chi connectivity index (χ4v) is 7.83. The van der Waals surface area contributed by atoms with Gasteiger partial charge in [-0.2, -0.15) is 0 Å². The summed E-state index contributed by atoms with van der Waals surface area (Å²) >= 11 is 1.53. The Balaban J connectivity index is 1.59. The predicted octanol–water partition coefficient (Wildman–Crippen LogP) is 2.16. The van der Waals surface area contributed by atoms with Crippen LogP contribution in [0.3, 0.4) is 0 Å². The molecule has 2 fully saturated rings. The summed E-state index contributed by atoms with van der Waals surface area (Å²) in [5.74, 6) is -2.12. The van der Waals surface area contributed by atoms with Crippen LogP contribution in [0.1, 0.15) is 25.3 Å². The normalized spacial score (nSPS) is 33.5. The first-order valence-electron chi connectivity index (χ1n) is 12.0. The lowest BCUT2D eigenvalue weighted by Crippen LogP contribution is -2.56. The molecule has 7 nitrogen and oxygen atoms in total. The van der Waals surface area contributed by atoms with Crippen LogP contribution in [0, 0.1) is 11.8 Å². The van der Waals surface area contributed by atoms with Crippen LogP contribution in [0.25, 0.3) is 0 Å². The number of hydrogen-bond donors (Lipinski definition) is 1. The zero-order valence-corrected chi connectivity index (χ0v) is 20.0. The van der Waals surface area contributed by atoms with Crippen molar-refractivity contribution in [1.82, 2.24) is 9.80 Å². The third-order valence-electron chi connectivity index (χ3n) is 7.43. The number of carbonyl (C=O) groups is 3. The quantitative estimate of drug-likeness (QED) is 0.511. The Morgan fingerprint density at radius 2 is 1.97 bits per heavy atom. The van der Waals surface area contributed by atoms with Crippen LogP contribution in [-0.2, 0) is 25.7 Å². The maximum atomic E-state index is 14.1. The minimum atomic E-state index is -0.884. The second-order valence-electron chi connectivity index (χ2n) is 9.32. The third kappa shape index (κ3) is 3.58. The highest BCUT2D eigenvalue weighted by molar-refractivity contribution is 8.02. The summed E-state index contributed by atoms with van der Waals surface area (Å²) in [6.45, 7) is 2.81. The Labute approximate surface area is 203 Å². The van der Waals surface area contributed by atoms with Gasteiger partial charge in [0.25, 0.3) is 0 Å². The molecule has 4 aliphatic heterocycles. The number of esters is 1. The first-order valence-corrected chi connectivity index (χ1v) is 12.8. The minimum absolute atomic E-state index is 0.143. The Bertz CT molecular complexity index is 1020. The Morgan fingerprint density at radius 1 is 1.18 bits per heavy atom. The fourth-order valence-electron chi connectivity index (χ4n) is 5.85. The van der Waals surface area contributed by atoms with Crippen molar-refractivity contribution < 1.29 is 24.2 Å². The minimum Gasteiger partial charge on any atom is -0.465 e. The van der Waals surface area contributed by atoms with Crippen molar-refractivity contribution in [3.05, 3.63) is 60.2 Å². The number of thioether (sulfide) groups is 1. The van der Waals surface area contributed by atoms with E-state index in [-0.39, 0.29) is 36.2 Å². The molecule has 1 spiro atoms. The zero-order chi connectivity index (χ0) is 23.9. The largest absolute Gasteiger partial charge is 0.465 e. The van der Waals surface area contributed by atoms with Crippen molar-refractivity contribution >= 4 is 29.5 Å². The third-order valence-corrected chi connectivity index (χ3v) is 9.18. The Kier molecular flexibility index (Phi) is 6.29. The highest BCUT2D eigenvalue weighted by atomic mass is 32.2. The molecule has 0 radical (unpaired) electrons. The lowest BCUT2D eigenvalue weighted by atomic mass is 9.78. The second kappa shape index (κ2) is 9.23. The number of likely N-dealkylation sites (tertiary alicyclic amines) is 1. The second-order valence-corrected chi connectivity index (χ2v) is 10.8. The van der Waals surface area contributed by atoms with Gasteiger partial charge in [0.05, 0.1) is 35.8 Å². The van der Waals surface area contributed by atoms with E-state index < -0.39 is 28.7 Å². The van der Waals surface area contributed by atoms with Crippen molar-refractivity contribution in [2.75, 3.05) is 19.8 Å². The first kappa shape index (κ1) is 23.2. The number of cyclic esters (lactones) is 1. The van der Waals surface area contributed by atoms with E-state index in [2.05, 4.69) is 0 Å². The molecule has 4 heterocycles. The van der Waals surface area contributed by atoms with E-state index in [9.17, 15) is 19.5 Å². The van der Waals surface area contributed by atoms with Crippen molar-refractivity contribution in [2.45, 2.75) is 48.4 Å². The van der Waals surface area contributed by atoms with Gasteiger partial charge >= 0.3 is 5.97 Å². The number of fused-ring (bicyclic) bond motifs is 2. The molecule has 8 heteroatoms. The van der Waals surface area contributed by atoms with E-state index in [0.29, 0.717) is 25.9 Å². The molecule has 0 aromatic heterocycles. The number of carbonyl (C=O) groups excluding carboxylic acids is 3. The predicted molar refractivity (Wildman–Crippen MR) is 129 cm³/mol. The van der Waals surface area contributed by atoms with Crippen LogP contribution in [0.4, 0.5) is 0 Å². The van der Waals surface area contributed by atoms with E-state index in [0.717, 1.165) is 5.56 Å². The first-order chi connectivity index (χ1) is 16.5. The number of nitrogens with zero attached hydrogens (tertiary/aromatic N) is 2. The molecular weight excluding hydrogens is 452 g/mol. The summed E-state index contributed by atoms with van der Waals surface area (Å²) in [5.41, 5.74) is 1.01. The number of benzene rings is 1. The molecule has 1 N–H and O–H groups in total. The van der Waals surface area contributed by atoms with Gasteiger partial charge in [-0.25, -0.2) is 0 Å². The van der Waals surface area contributed by atoms with Gasteiger partial charge in [0.2, 0.25) is 11.8 Å². The zero-order valence-electron chi connectivity index (χ0n) is 19.2. The van der Waals surface area contributed by atoms with Crippen LogP contribution in [0.5, 0.6) is 0 Å². The smallest absolute Gasteiger partial charge is 0.311 e. The number of ether oxygens (including phenoxy) is 1. The van der Waals surface area contributed by atoms with Crippen LogP contribution in [0.15, 0.2) is 54.6 Å². The molecule has 1 aromatic rings. The topological polar surface area (TPSA) is 87.2 Å². The number of aliphatic hydroxyl groups is 1. The Morgan fingerprint density at radius 3 is 2.71 bits per heavy atom. The molecule has 0 aliphatic carbocycles. The maximum absolute atomic E-state index is 14.1. The van der Waals surface area contributed by atoms with Gasteiger partial charge in [-0.3, -0.25) is 14.4 Å². The maximum Gasteiger partial charge on any atom is 0.311 e. The molecule has 0 bridgehead atoms. The molecule has 6 atom stereocenters. The van der Waals surface area contributed by atoms with E-state index in [1.807, 2.05) is 61.6 Å². The molecule has 5 rings (SSSR count).